The Labute approximate surface area is 192 Å². The summed E-state index contributed by atoms with van der Waals surface area (Å²) in [5, 5.41) is 9.11. The van der Waals surface area contributed by atoms with Crippen LogP contribution in [0.1, 0.15) is 92.4 Å². The van der Waals surface area contributed by atoms with Crippen LogP contribution < -0.4 is 0 Å². The maximum absolute atomic E-state index is 13.7. The van der Waals surface area contributed by atoms with Crippen molar-refractivity contribution in [2.75, 3.05) is 0 Å². The van der Waals surface area contributed by atoms with Crippen molar-refractivity contribution in [1.82, 2.24) is 0 Å². The first-order valence-corrected chi connectivity index (χ1v) is 12.7. The average molecular weight is 441 g/mol. The molecular formula is C28H40O4. The molecule has 0 saturated heterocycles. The van der Waals surface area contributed by atoms with Gasteiger partial charge in [0, 0.05) is 24.3 Å². The van der Waals surface area contributed by atoms with Gasteiger partial charge in [-0.15, -0.1) is 0 Å². The van der Waals surface area contributed by atoms with E-state index in [1.807, 2.05) is 13.0 Å². The van der Waals surface area contributed by atoms with E-state index in [1.54, 1.807) is 6.92 Å². The molecule has 4 aliphatic carbocycles. The van der Waals surface area contributed by atoms with Crippen molar-refractivity contribution in [2.45, 2.75) is 92.4 Å². The summed E-state index contributed by atoms with van der Waals surface area (Å²) in [6.07, 6.45) is 10.1. The molecule has 7 atom stereocenters. The number of rotatable bonds is 5. The highest BCUT2D eigenvalue weighted by atomic mass is 16.4. The van der Waals surface area contributed by atoms with E-state index in [9.17, 15) is 14.4 Å². The number of carbonyl (C=O) groups excluding carboxylic acids is 2. The van der Waals surface area contributed by atoms with Gasteiger partial charge in [-0.2, -0.15) is 0 Å². The van der Waals surface area contributed by atoms with Gasteiger partial charge in [0.1, 0.15) is 5.78 Å². The molecule has 0 aromatic rings. The van der Waals surface area contributed by atoms with E-state index in [-0.39, 0.29) is 22.5 Å². The Morgan fingerprint density at radius 3 is 2.56 bits per heavy atom. The molecule has 0 amide bonds. The van der Waals surface area contributed by atoms with Gasteiger partial charge in [-0.1, -0.05) is 32.4 Å². The molecule has 4 nitrogen and oxygen atoms in total. The van der Waals surface area contributed by atoms with Crippen LogP contribution in [0.2, 0.25) is 0 Å². The quantitative estimate of drug-likeness (QED) is 0.520. The minimum Gasteiger partial charge on any atom is -0.478 e. The fourth-order valence-corrected chi connectivity index (χ4v) is 8.48. The van der Waals surface area contributed by atoms with Crippen LogP contribution in [0.15, 0.2) is 22.8 Å². The Morgan fingerprint density at radius 1 is 1.16 bits per heavy atom. The second-order valence-corrected chi connectivity index (χ2v) is 11.8. The number of aliphatic carboxylic acids is 1. The van der Waals surface area contributed by atoms with Gasteiger partial charge in [0.05, 0.1) is 0 Å². The third kappa shape index (κ3) is 3.44. The average Bonchev–Trinajstić information content (AvgIpc) is 3.01. The largest absolute Gasteiger partial charge is 0.478 e. The molecule has 176 valence electrons. The zero-order valence-corrected chi connectivity index (χ0v) is 20.5. The number of carboxylic acid groups (broad SMARTS) is 1. The SMILES string of the molecule is CC(=CCCC(C)C1CCC2(C)C3CCC4=C(C)C(=O)CCC4C3C(=O)CC12C)C(=O)O. The van der Waals surface area contributed by atoms with E-state index in [4.69, 9.17) is 5.11 Å². The van der Waals surface area contributed by atoms with E-state index in [0.717, 1.165) is 44.1 Å². The van der Waals surface area contributed by atoms with Crippen molar-refractivity contribution in [1.29, 1.82) is 0 Å². The summed E-state index contributed by atoms with van der Waals surface area (Å²) in [6.45, 7) is 10.8. The van der Waals surface area contributed by atoms with Crippen molar-refractivity contribution >= 4 is 17.5 Å². The van der Waals surface area contributed by atoms with Gasteiger partial charge in [-0.25, -0.2) is 4.79 Å². The minimum absolute atomic E-state index is 0.0109. The van der Waals surface area contributed by atoms with Crippen molar-refractivity contribution < 1.29 is 19.5 Å². The molecule has 0 bridgehead atoms. The van der Waals surface area contributed by atoms with Gasteiger partial charge in [-0.3, -0.25) is 9.59 Å². The number of fused-ring (bicyclic) bond motifs is 5. The molecule has 0 spiro atoms. The van der Waals surface area contributed by atoms with E-state index in [0.29, 0.717) is 47.9 Å². The van der Waals surface area contributed by atoms with Crippen LogP contribution >= 0.6 is 0 Å². The topological polar surface area (TPSA) is 71.4 Å². The third-order valence-corrected chi connectivity index (χ3v) is 10.5. The van der Waals surface area contributed by atoms with Gasteiger partial charge in [0.25, 0.3) is 0 Å². The highest BCUT2D eigenvalue weighted by Gasteiger charge is 2.65. The lowest BCUT2D eigenvalue weighted by Gasteiger charge is -2.59. The van der Waals surface area contributed by atoms with Crippen molar-refractivity contribution in [3.63, 3.8) is 0 Å². The lowest BCUT2D eigenvalue weighted by Crippen LogP contribution is -2.57. The molecule has 0 aliphatic heterocycles. The molecule has 32 heavy (non-hydrogen) atoms. The fraction of sp³-hybridized carbons (Fsp3) is 0.750. The normalized spacial score (nSPS) is 40.6. The maximum atomic E-state index is 13.7. The molecule has 0 heterocycles. The smallest absolute Gasteiger partial charge is 0.330 e. The summed E-state index contributed by atoms with van der Waals surface area (Å²) in [5.41, 5.74) is 2.85. The summed E-state index contributed by atoms with van der Waals surface area (Å²) >= 11 is 0. The Hall–Kier alpha value is -1.71. The van der Waals surface area contributed by atoms with Crippen LogP contribution in [0.25, 0.3) is 0 Å². The van der Waals surface area contributed by atoms with Crippen LogP contribution in [0.3, 0.4) is 0 Å². The van der Waals surface area contributed by atoms with E-state index in [1.165, 1.54) is 12.0 Å². The summed E-state index contributed by atoms with van der Waals surface area (Å²) in [6, 6.07) is 0. The van der Waals surface area contributed by atoms with Crippen LogP contribution in [0.4, 0.5) is 0 Å². The van der Waals surface area contributed by atoms with Crippen LogP contribution in [-0.4, -0.2) is 22.6 Å². The fourth-order valence-electron chi connectivity index (χ4n) is 8.48. The predicted octanol–water partition coefficient (Wildman–Crippen LogP) is 6.15. The number of Topliss-reactive ketones (excluding diaryl/α,β-unsaturated/α-hetero) is 2. The first-order chi connectivity index (χ1) is 15.0. The number of hydrogen-bond donors (Lipinski definition) is 1. The van der Waals surface area contributed by atoms with Gasteiger partial charge in [-0.05, 0) is 98.9 Å². The Morgan fingerprint density at radius 2 is 1.88 bits per heavy atom. The predicted molar refractivity (Wildman–Crippen MR) is 125 cm³/mol. The number of ketones is 2. The van der Waals surface area contributed by atoms with E-state index in [2.05, 4.69) is 20.8 Å². The van der Waals surface area contributed by atoms with Crippen LogP contribution in [0, 0.1) is 40.4 Å². The summed E-state index contributed by atoms with van der Waals surface area (Å²) < 4.78 is 0. The minimum atomic E-state index is -0.840. The summed E-state index contributed by atoms with van der Waals surface area (Å²) in [5.74, 6) is 1.69. The number of hydrogen-bond acceptors (Lipinski definition) is 3. The molecule has 1 N–H and O–H groups in total. The lowest BCUT2D eigenvalue weighted by molar-refractivity contribution is -0.153. The van der Waals surface area contributed by atoms with Gasteiger partial charge < -0.3 is 5.11 Å². The van der Waals surface area contributed by atoms with Crippen LogP contribution in [0.5, 0.6) is 0 Å². The molecule has 4 heteroatoms. The molecule has 3 fully saturated rings. The highest BCUT2D eigenvalue weighted by Crippen LogP contribution is 2.70. The van der Waals surface area contributed by atoms with Gasteiger partial charge in [0.15, 0.2) is 5.78 Å². The zero-order chi connectivity index (χ0) is 23.4. The molecule has 7 unspecified atom stereocenters. The molecule has 3 saturated carbocycles. The monoisotopic (exact) mass is 440 g/mol. The second kappa shape index (κ2) is 8.25. The second-order valence-electron chi connectivity index (χ2n) is 11.8. The number of carbonyl (C=O) groups is 3. The Kier molecular flexibility index (Phi) is 6.05. The third-order valence-electron chi connectivity index (χ3n) is 10.5. The maximum Gasteiger partial charge on any atom is 0.330 e. The Bertz CT molecular complexity index is 895. The lowest BCUT2D eigenvalue weighted by atomic mass is 9.44. The highest BCUT2D eigenvalue weighted by molar-refractivity contribution is 5.97. The van der Waals surface area contributed by atoms with Gasteiger partial charge in [0.2, 0.25) is 0 Å². The van der Waals surface area contributed by atoms with Crippen molar-refractivity contribution in [3.8, 4) is 0 Å². The Balaban J connectivity index is 1.57. The van der Waals surface area contributed by atoms with Crippen molar-refractivity contribution in [2.24, 2.45) is 40.4 Å². The summed E-state index contributed by atoms with van der Waals surface area (Å²) in [4.78, 5) is 37.1. The summed E-state index contributed by atoms with van der Waals surface area (Å²) in [7, 11) is 0. The first-order valence-electron chi connectivity index (χ1n) is 12.7. The molecule has 0 radical (unpaired) electrons. The van der Waals surface area contributed by atoms with Crippen molar-refractivity contribution in [3.05, 3.63) is 22.8 Å². The molecule has 4 aliphatic rings. The standard InChI is InChI=1S/C28H40O4/c1-16(7-6-8-17(2)26(31)32)21-13-14-27(4)22-11-9-19-18(3)23(29)12-10-20(19)25(22)24(30)15-28(21,27)5/h8,16,20-22,25H,6-7,9-15H2,1-5H3,(H,31,32). The molecular weight excluding hydrogens is 400 g/mol. The molecule has 4 rings (SSSR count). The van der Waals surface area contributed by atoms with Crippen LogP contribution in [-0.2, 0) is 14.4 Å². The number of allylic oxidation sites excluding steroid dienone is 2. The van der Waals surface area contributed by atoms with E-state index < -0.39 is 5.97 Å². The van der Waals surface area contributed by atoms with Gasteiger partial charge >= 0.3 is 5.97 Å². The molecule has 0 aromatic carbocycles. The molecule has 0 aromatic heterocycles. The first kappa shape index (κ1) is 23.4. The zero-order valence-electron chi connectivity index (χ0n) is 20.5. The number of carboxylic acids is 1. The van der Waals surface area contributed by atoms with E-state index >= 15 is 0 Å².